The number of nitrogens with zero attached hydrogens (tertiary/aromatic N) is 2. The normalized spacial score (nSPS) is 10.3. The predicted octanol–water partition coefficient (Wildman–Crippen LogP) is 3.76. The van der Waals surface area contributed by atoms with Crippen LogP contribution in [-0.4, -0.2) is 9.97 Å². The van der Waals surface area contributed by atoms with Gasteiger partial charge in [0.1, 0.15) is 0 Å². The number of halogens is 3. The average Bonchev–Trinajstić information content (AvgIpc) is 2.28. The Balaban J connectivity index is 2.41. The Morgan fingerprint density at radius 2 is 1.76 bits per heavy atom. The van der Waals surface area contributed by atoms with Crippen LogP contribution in [0.3, 0.4) is 0 Å². The van der Waals surface area contributed by atoms with E-state index < -0.39 is 0 Å². The lowest BCUT2D eigenvalue weighted by Gasteiger charge is -2.11. The molecule has 0 bridgehead atoms. The van der Waals surface area contributed by atoms with Crippen LogP contribution in [0.2, 0.25) is 15.3 Å². The summed E-state index contributed by atoms with van der Waals surface area (Å²) >= 11 is 17.7. The fraction of sp³-hybridized carbons (Fsp3) is 0. The second-order valence-electron chi connectivity index (χ2n) is 3.16. The van der Waals surface area contributed by atoms with E-state index in [2.05, 4.69) is 15.3 Å². The molecule has 3 N–H and O–H groups in total. The van der Waals surface area contributed by atoms with Crippen molar-refractivity contribution in [2.45, 2.75) is 0 Å². The second-order valence-corrected chi connectivity index (χ2v) is 4.32. The van der Waals surface area contributed by atoms with Crippen molar-refractivity contribution in [2.75, 3.05) is 11.1 Å². The Morgan fingerprint density at radius 3 is 2.41 bits per heavy atom. The van der Waals surface area contributed by atoms with Gasteiger partial charge < -0.3 is 11.1 Å². The number of benzene rings is 1. The van der Waals surface area contributed by atoms with Crippen molar-refractivity contribution in [3.05, 3.63) is 39.7 Å². The number of aromatic nitrogens is 2. The molecule has 4 nitrogen and oxygen atoms in total. The van der Waals surface area contributed by atoms with Crippen LogP contribution >= 0.6 is 34.8 Å². The molecule has 0 saturated carbocycles. The molecule has 88 valence electrons. The van der Waals surface area contributed by atoms with Crippen molar-refractivity contribution < 1.29 is 0 Å². The quantitative estimate of drug-likeness (QED) is 0.826. The van der Waals surface area contributed by atoms with E-state index in [0.717, 1.165) is 0 Å². The van der Waals surface area contributed by atoms with Gasteiger partial charge in [-0.1, -0.05) is 29.3 Å². The number of nitrogens with one attached hydrogen (secondary N) is 1. The molecule has 1 aromatic heterocycles. The molecule has 1 heterocycles. The van der Waals surface area contributed by atoms with Crippen molar-refractivity contribution in [1.82, 2.24) is 9.97 Å². The van der Waals surface area contributed by atoms with E-state index in [1.54, 1.807) is 18.2 Å². The van der Waals surface area contributed by atoms with Crippen LogP contribution in [0, 0.1) is 0 Å². The highest BCUT2D eigenvalue weighted by Gasteiger charge is 2.09. The first-order valence-electron chi connectivity index (χ1n) is 4.57. The zero-order valence-electron chi connectivity index (χ0n) is 8.42. The summed E-state index contributed by atoms with van der Waals surface area (Å²) in [6.07, 6.45) is 1.41. The average molecular weight is 290 g/mol. The predicted molar refractivity (Wildman–Crippen MR) is 71.2 cm³/mol. The van der Waals surface area contributed by atoms with Crippen LogP contribution in [-0.2, 0) is 0 Å². The minimum absolute atomic E-state index is 0.0878. The molecule has 2 aromatic rings. The zero-order chi connectivity index (χ0) is 12.4. The fourth-order valence-corrected chi connectivity index (χ4v) is 1.83. The van der Waals surface area contributed by atoms with E-state index in [1.165, 1.54) is 6.20 Å². The maximum Gasteiger partial charge on any atom is 0.224 e. The Kier molecular flexibility index (Phi) is 3.57. The van der Waals surface area contributed by atoms with E-state index >= 15 is 0 Å². The van der Waals surface area contributed by atoms with Gasteiger partial charge in [0.05, 0.1) is 27.6 Å². The number of hydrogen-bond acceptors (Lipinski definition) is 4. The van der Waals surface area contributed by atoms with Crippen LogP contribution in [0.5, 0.6) is 0 Å². The topological polar surface area (TPSA) is 63.8 Å². The third-order valence-electron chi connectivity index (χ3n) is 1.99. The van der Waals surface area contributed by atoms with E-state index in [9.17, 15) is 0 Å². The lowest BCUT2D eigenvalue weighted by Crippen LogP contribution is -2.01. The molecule has 0 unspecified atom stereocenters. The molecule has 0 radical (unpaired) electrons. The van der Waals surface area contributed by atoms with Crippen LogP contribution < -0.4 is 11.1 Å². The molecular formula is C10H7Cl3N4. The lowest BCUT2D eigenvalue weighted by molar-refractivity contribution is 1.17. The van der Waals surface area contributed by atoms with Crippen molar-refractivity contribution >= 4 is 52.0 Å². The summed E-state index contributed by atoms with van der Waals surface area (Å²) in [5.74, 6) is 0.361. The van der Waals surface area contributed by atoms with Crippen molar-refractivity contribution in [1.29, 1.82) is 0 Å². The molecule has 0 atom stereocenters. The molecule has 2 rings (SSSR count). The summed E-state index contributed by atoms with van der Waals surface area (Å²) in [5, 5.41) is 3.94. The SMILES string of the molecule is Nc1cnc(Cl)nc1Nc1c(Cl)cccc1Cl. The van der Waals surface area contributed by atoms with Gasteiger partial charge in [-0.2, -0.15) is 4.98 Å². The number of nitrogens with two attached hydrogens (primary N) is 1. The third-order valence-corrected chi connectivity index (χ3v) is 2.81. The number of anilines is 3. The fourth-order valence-electron chi connectivity index (χ4n) is 1.21. The molecule has 0 spiro atoms. The molecule has 0 amide bonds. The number of rotatable bonds is 2. The minimum Gasteiger partial charge on any atom is -0.394 e. The monoisotopic (exact) mass is 288 g/mol. The van der Waals surface area contributed by atoms with Crippen LogP contribution in [0.4, 0.5) is 17.2 Å². The smallest absolute Gasteiger partial charge is 0.224 e. The molecule has 0 saturated heterocycles. The molecule has 0 fully saturated rings. The summed E-state index contributed by atoms with van der Waals surface area (Å²) in [6.45, 7) is 0. The van der Waals surface area contributed by atoms with E-state index in [1.807, 2.05) is 0 Å². The lowest BCUT2D eigenvalue weighted by atomic mass is 10.3. The molecule has 0 aliphatic rings. The highest BCUT2D eigenvalue weighted by Crippen LogP contribution is 2.33. The molecule has 17 heavy (non-hydrogen) atoms. The summed E-state index contributed by atoms with van der Waals surface area (Å²) in [7, 11) is 0. The zero-order valence-corrected chi connectivity index (χ0v) is 10.7. The standard InChI is InChI=1S/C10H7Cl3N4/c11-5-2-1-3-6(12)8(5)16-9-7(14)4-15-10(13)17-9/h1-4H,14H2,(H,15,16,17). The van der Waals surface area contributed by atoms with Crippen molar-refractivity contribution in [3.63, 3.8) is 0 Å². The molecule has 7 heteroatoms. The first kappa shape index (κ1) is 12.2. The summed E-state index contributed by atoms with van der Waals surface area (Å²) in [4.78, 5) is 7.70. The largest absolute Gasteiger partial charge is 0.394 e. The Morgan fingerprint density at radius 1 is 1.12 bits per heavy atom. The van der Waals surface area contributed by atoms with Gasteiger partial charge in [-0.3, -0.25) is 0 Å². The van der Waals surface area contributed by atoms with Gasteiger partial charge in [-0.25, -0.2) is 4.98 Å². The maximum atomic E-state index is 6.01. The second kappa shape index (κ2) is 4.96. The van der Waals surface area contributed by atoms with Gasteiger partial charge in [0.2, 0.25) is 5.28 Å². The highest BCUT2D eigenvalue weighted by atomic mass is 35.5. The van der Waals surface area contributed by atoms with Gasteiger partial charge in [-0.05, 0) is 23.7 Å². The van der Waals surface area contributed by atoms with Gasteiger partial charge >= 0.3 is 0 Å². The number of hydrogen-bond donors (Lipinski definition) is 2. The van der Waals surface area contributed by atoms with E-state index in [0.29, 0.717) is 27.2 Å². The Labute approximate surface area is 113 Å². The molecule has 1 aromatic carbocycles. The molecule has 0 aliphatic heterocycles. The van der Waals surface area contributed by atoms with Crippen molar-refractivity contribution in [3.8, 4) is 0 Å². The van der Waals surface area contributed by atoms with Gasteiger partial charge in [0.15, 0.2) is 5.82 Å². The first-order valence-corrected chi connectivity index (χ1v) is 5.70. The Hall–Kier alpha value is -1.23. The van der Waals surface area contributed by atoms with Gasteiger partial charge in [0, 0.05) is 0 Å². The Bertz CT molecular complexity index is 539. The molecular weight excluding hydrogens is 282 g/mol. The first-order chi connectivity index (χ1) is 8.08. The van der Waals surface area contributed by atoms with Gasteiger partial charge in [0.25, 0.3) is 0 Å². The highest BCUT2D eigenvalue weighted by molar-refractivity contribution is 6.39. The third kappa shape index (κ3) is 2.72. The van der Waals surface area contributed by atoms with Crippen LogP contribution in [0.25, 0.3) is 0 Å². The van der Waals surface area contributed by atoms with Crippen LogP contribution in [0.1, 0.15) is 0 Å². The van der Waals surface area contributed by atoms with Crippen LogP contribution in [0.15, 0.2) is 24.4 Å². The number of nitrogen functional groups attached to an aromatic ring is 1. The van der Waals surface area contributed by atoms with E-state index in [-0.39, 0.29) is 5.28 Å². The maximum absolute atomic E-state index is 6.01. The minimum atomic E-state index is 0.0878. The van der Waals surface area contributed by atoms with Crippen molar-refractivity contribution in [2.24, 2.45) is 0 Å². The van der Waals surface area contributed by atoms with Gasteiger partial charge in [-0.15, -0.1) is 0 Å². The summed E-state index contributed by atoms with van der Waals surface area (Å²) in [5.41, 5.74) is 6.58. The van der Waals surface area contributed by atoms with E-state index in [4.69, 9.17) is 40.5 Å². The molecule has 0 aliphatic carbocycles. The number of para-hydroxylation sites is 1. The summed E-state index contributed by atoms with van der Waals surface area (Å²) in [6, 6.07) is 5.15. The summed E-state index contributed by atoms with van der Waals surface area (Å²) < 4.78 is 0.